The molecule has 0 fully saturated rings. The molecule has 0 bridgehead atoms. The van der Waals surface area contributed by atoms with E-state index in [9.17, 15) is 31.1 Å². The fraction of sp³-hybridized carbons (Fsp3) is 0.182. The number of phenolic OH excluding ortho intramolecular Hbond substituents is 1. The van der Waals surface area contributed by atoms with E-state index in [0.29, 0.717) is 6.07 Å². The van der Waals surface area contributed by atoms with Crippen LogP contribution in [0.25, 0.3) is 0 Å². The summed E-state index contributed by atoms with van der Waals surface area (Å²) in [4.78, 5) is -0.302. The van der Waals surface area contributed by atoms with E-state index < -0.39 is 44.7 Å². The lowest BCUT2D eigenvalue weighted by atomic mass is 9.76. The summed E-state index contributed by atoms with van der Waals surface area (Å²) in [5.41, 5.74) is -3.76. The Bertz CT molecular complexity index is 1300. The van der Waals surface area contributed by atoms with Crippen LogP contribution in [0, 0.1) is 44.0 Å². The topological polar surface area (TPSA) is 63.6 Å². The number of hydrogen-bond donors (Lipinski definition) is 1. The number of fused-ring (bicyclic) bond motifs is 1. The molecular weight excluding hydrogens is 436 g/mol. The molecular formula is C22H16F4O4S. The first-order valence-electron chi connectivity index (χ1n) is 9.12. The molecule has 4 nitrogen and oxygen atoms in total. The van der Waals surface area contributed by atoms with Crippen LogP contribution in [0.3, 0.4) is 0 Å². The number of rotatable bonds is 2. The van der Waals surface area contributed by atoms with E-state index in [2.05, 4.69) is 0 Å². The molecule has 0 amide bonds. The van der Waals surface area contributed by atoms with Gasteiger partial charge in [-0.1, -0.05) is 18.2 Å². The second kappa shape index (κ2) is 6.80. The summed E-state index contributed by atoms with van der Waals surface area (Å²) in [6.45, 7) is 3.68. The predicted octanol–water partition coefficient (Wildman–Crippen LogP) is 4.88. The molecule has 1 aliphatic rings. The van der Waals surface area contributed by atoms with Gasteiger partial charge in [0.05, 0.1) is 0 Å². The highest BCUT2D eigenvalue weighted by Gasteiger charge is 2.53. The molecule has 3 aromatic carbocycles. The van der Waals surface area contributed by atoms with Gasteiger partial charge >= 0.3 is 0 Å². The standard InChI is InChI=1S/C22H16F4O4S/c1-10-14(8-16(23)12(3)19(10)25)22(15-9-17(24)21(27)20(26)11(15)2)13-6-4-5-7-18(13)31(28,29)30-22/h4-9,27H,1-3H3. The van der Waals surface area contributed by atoms with E-state index in [1.807, 2.05) is 0 Å². The second-order valence-corrected chi connectivity index (χ2v) is 8.89. The predicted molar refractivity (Wildman–Crippen MR) is 103 cm³/mol. The fourth-order valence-corrected chi connectivity index (χ4v) is 5.45. The molecule has 162 valence electrons. The highest BCUT2D eigenvalue weighted by atomic mass is 32.2. The van der Waals surface area contributed by atoms with E-state index in [4.69, 9.17) is 4.18 Å². The third-order valence-electron chi connectivity index (χ3n) is 5.66. The number of aromatic hydroxyl groups is 1. The molecule has 31 heavy (non-hydrogen) atoms. The lowest BCUT2D eigenvalue weighted by Crippen LogP contribution is -2.32. The molecule has 0 saturated heterocycles. The molecule has 0 saturated carbocycles. The van der Waals surface area contributed by atoms with Gasteiger partial charge in [-0.05, 0) is 50.1 Å². The maximum absolute atomic E-state index is 14.8. The van der Waals surface area contributed by atoms with Crippen molar-refractivity contribution >= 4 is 10.1 Å². The summed E-state index contributed by atoms with van der Waals surface area (Å²) < 4.78 is 89.7. The van der Waals surface area contributed by atoms with Crippen LogP contribution in [0.4, 0.5) is 17.6 Å². The first-order chi connectivity index (χ1) is 14.4. The third kappa shape index (κ3) is 2.80. The van der Waals surface area contributed by atoms with Crippen molar-refractivity contribution in [3.05, 3.63) is 93.0 Å². The first-order valence-corrected chi connectivity index (χ1v) is 10.5. The maximum Gasteiger partial charge on any atom is 0.298 e. The third-order valence-corrected chi connectivity index (χ3v) is 7.02. The van der Waals surface area contributed by atoms with E-state index in [1.54, 1.807) is 0 Å². The molecule has 1 N–H and O–H groups in total. The first kappa shape index (κ1) is 21.3. The van der Waals surface area contributed by atoms with Gasteiger partial charge in [0, 0.05) is 22.3 Å². The molecule has 0 spiro atoms. The molecule has 0 radical (unpaired) electrons. The van der Waals surface area contributed by atoms with Crippen LogP contribution in [-0.2, 0) is 19.9 Å². The van der Waals surface area contributed by atoms with Crippen molar-refractivity contribution in [2.75, 3.05) is 0 Å². The van der Waals surface area contributed by atoms with E-state index in [1.165, 1.54) is 45.0 Å². The van der Waals surface area contributed by atoms with Crippen LogP contribution in [0.5, 0.6) is 5.75 Å². The molecule has 1 unspecified atom stereocenters. The van der Waals surface area contributed by atoms with Crippen molar-refractivity contribution < 1.29 is 35.3 Å². The van der Waals surface area contributed by atoms with Crippen molar-refractivity contribution in [3.8, 4) is 5.75 Å². The van der Waals surface area contributed by atoms with Crippen molar-refractivity contribution in [3.63, 3.8) is 0 Å². The lowest BCUT2D eigenvalue weighted by Gasteiger charge is -2.32. The highest BCUT2D eigenvalue weighted by Crippen LogP contribution is 2.53. The molecule has 1 atom stereocenters. The van der Waals surface area contributed by atoms with Crippen LogP contribution in [0.15, 0.2) is 41.3 Å². The molecule has 0 aliphatic carbocycles. The number of halogens is 4. The number of phenols is 1. The average Bonchev–Trinajstić information content (AvgIpc) is 2.98. The van der Waals surface area contributed by atoms with Gasteiger partial charge in [0.2, 0.25) is 0 Å². The summed E-state index contributed by atoms with van der Waals surface area (Å²) >= 11 is 0. The molecule has 1 aliphatic heterocycles. The van der Waals surface area contributed by atoms with Gasteiger partial charge < -0.3 is 5.11 Å². The van der Waals surface area contributed by atoms with Gasteiger partial charge in [-0.3, -0.25) is 0 Å². The SMILES string of the molecule is Cc1c(F)cc(C2(c3cc(F)c(O)c(F)c3C)OS(=O)(=O)c3ccccc32)c(C)c1F. The Kier molecular flexibility index (Phi) is 4.68. The van der Waals surface area contributed by atoms with Gasteiger partial charge in [-0.25, -0.2) is 21.7 Å². The Balaban J connectivity index is 2.26. The molecule has 3 aromatic rings. The Morgan fingerprint density at radius 2 is 1.35 bits per heavy atom. The van der Waals surface area contributed by atoms with Crippen LogP contribution >= 0.6 is 0 Å². The Labute approximate surface area is 175 Å². The van der Waals surface area contributed by atoms with Crippen molar-refractivity contribution in [2.24, 2.45) is 0 Å². The van der Waals surface area contributed by atoms with E-state index in [0.717, 1.165) is 6.07 Å². The molecule has 1 heterocycles. The smallest absolute Gasteiger partial charge is 0.298 e. The normalized spacial score (nSPS) is 19.5. The molecule has 9 heteroatoms. The van der Waals surface area contributed by atoms with Gasteiger partial charge in [0.15, 0.2) is 23.0 Å². The number of hydrogen-bond acceptors (Lipinski definition) is 4. The minimum atomic E-state index is -4.47. The minimum absolute atomic E-state index is 0.0617. The van der Waals surface area contributed by atoms with Crippen molar-refractivity contribution in [1.29, 1.82) is 0 Å². The van der Waals surface area contributed by atoms with Crippen molar-refractivity contribution in [2.45, 2.75) is 31.3 Å². The largest absolute Gasteiger partial charge is 0.503 e. The minimum Gasteiger partial charge on any atom is -0.503 e. The second-order valence-electron chi connectivity index (χ2n) is 7.38. The van der Waals surface area contributed by atoms with Crippen molar-refractivity contribution in [1.82, 2.24) is 0 Å². The van der Waals surface area contributed by atoms with E-state index in [-0.39, 0.29) is 38.3 Å². The fourth-order valence-electron chi connectivity index (χ4n) is 4.04. The summed E-state index contributed by atoms with van der Waals surface area (Å²) in [5, 5.41) is 9.66. The summed E-state index contributed by atoms with van der Waals surface area (Å²) in [7, 11) is -4.47. The summed E-state index contributed by atoms with van der Waals surface area (Å²) in [5.74, 6) is -5.92. The lowest BCUT2D eigenvalue weighted by molar-refractivity contribution is 0.176. The Morgan fingerprint density at radius 3 is 2.00 bits per heavy atom. The summed E-state index contributed by atoms with van der Waals surface area (Å²) in [6.07, 6.45) is 0. The molecule has 0 aromatic heterocycles. The zero-order valence-corrected chi connectivity index (χ0v) is 17.4. The zero-order valence-electron chi connectivity index (χ0n) is 16.6. The maximum atomic E-state index is 14.8. The Morgan fingerprint density at radius 1 is 0.806 bits per heavy atom. The van der Waals surface area contributed by atoms with Gasteiger partial charge in [-0.2, -0.15) is 8.42 Å². The quantitative estimate of drug-likeness (QED) is 0.445. The monoisotopic (exact) mass is 452 g/mol. The van der Waals surface area contributed by atoms with Gasteiger partial charge in [0.1, 0.15) is 16.5 Å². The van der Waals surface area contributed by atoms with Gasteiger partial charge in [-0.15, -0.1) is 0 Å². The zero-order chi connectivity index (χ0) is 22.9. The summed E-state index contributed by atoms with van der Waals surface area (Å²) in [6, 6.07) is 7.07. The van der Waals surface area contributed by atoms with Crippen LogP contribution < -0.4 is 0 Å². The van der Waals surface area contributed by atoms with Crippen LogP contribution in [0.2, 0.25) is 0 Å². The Hall–Kier alpha value is -2.91. The highest BCUT2D eigenvalue weighted by molar-refractivity contribution is 7.87. The van der Waals surface area contributed by atoms with Crippen LogP contribution in [0.1, 0.15) is 33.4 Å². The number of benzene rings is 3. The van der Waals surface area contributed by atoms with Crippen LogP contribution in [-0.4, -0.2) is 13.5 Å². The molecule has 4 rings (SSSR count). The van der Waals surface area contributed by atoms with Gasteiger partial charge in [0.25, 0.3) is 10.1 Å². The average molecular weight is 452 g/mol. The van der Waals surface area contributed by atoms with E-state index >= 15 is 0 Å².